The summed E-state index contributed by atoms with van der Waals surface area (Å²) >= 11 is 0. The molecule has 0 N–H and O–H groups in total. The van der Waals surface area contributed by atoms with Crippen molar-refractivity contribution in [2.24, 2.45) is 5.18 Å². The standard InChI is InChI=1S/C11H16O3.C9H11NO2/c1-5-8-6-9(12-2)11(14-4)10(7-8)13-3;1-3-7-4-5-9(12-2)8(6-7)10-11/h6-7H,5H2,1-4H3;4-6H,3H2,1-2H3. The first-order chi connectivity index (χ1) is 12.6. The van der Waals surface area contributed by atoms with Crippen molar-refractivity contribution in [2.45, 2.75) is 26.7 Å². The monoisotopic (exact) mass is 361 g/mol. The number of hydrogen-bond donors (Lipinski definition) is 0. The fraction of sp³-hybridized carbons (Fsp3) is 0.400. The number of nitroso groups, excluding NO2 is 1. The van der Waals surface area contributed by atoms with Crippen LogP contribution in [0.15, 0.2) is 35.5 Å². The lowest BCUT2D eigenvalue weighted by molar-refractivity contribution is 0.324. The minimum atomic E-state index is 0.372. The van der Waals surface area contributed by atoms with Crippen molar-refractivity contribution in [3.8, 4) is 23.0 Å². The Labute approximate surface area is 155 Å². The van der Waals surface area contributed by atoms with Gasteiger partial charge in [0.2, 0.25) is 5.75 Å². The predicted octanol–water partition coefficient (Wildman–Crippen LogP) is 4.93. The predicted molar refractivity (Wildman–Crippen MR) is 103 cm³/mol. The van der Waals surface area contributed by atoms with E-state index in [-0.39, 0.29) is 0 Å². The topological polar surface area (TPSA) is 66.3 Å². The van der Waals surface area contributed by atoms with Gasteiger partial charge in [-0.05, 0) is 53.4 Å². The second-order valence-corrected chi connectivity index (χ2v) is 5.34. The molecule has 2 aromatic rings. The molecule has 26 heavy (non-hydrogen) atoms. The van der Waals surface area contributed by atoms with E-state index in [4.69, 9.17) is 18.9 Å². The number of ether oxygens (including phenoxy) is 4. The number of benzene rings is 2. The summed E-state index contributed by atoms with van der Waals surface area (Å²) in [7, 11) is 6.37. The summed E-state index contributed by atoms with van der Waals surface area (Å²) in [5.41, 5.74) is 2.63. The maximum atomic E-state index is 10.3. The molecule has 0 amide bonds. The van der Waals surface area contributed by atoms with Crippen molar-refractivity contribution < 1.29 is 18.9 Å². The van der Waals surface area contributed by atoms with Crippen LogP contribution in [0, 0.1) is 4.91 Å². The van der Waals surface area contributed by atoms with Crippen LogP contribution < -0.4 is 18.9 Å². The maximum Gasteiger partial charge on any atom is 0.203 e. The molecule has 0 aliphatic carbocycles. The van der Waals surface area contributed by atoms with E-state index in [1.54, 1.807) is 33.5 Å². The number of nitrogens with zero attached hydrogens (tertiary/aromatic N) is 1. The average Bonchev–Trinajstić information content (AvgIpc) is 2.72. The first kappa shape index (κ1) is 21.3. The molecular formula is C20H27NO5. The highest BCUT2D eigenvalue weighted by Crippen LogP contribution is 2.38. The fourth-order valence-electron chi connectivity index (χ4n) is 2.37. The minimum absolute atomic E-state index is 0.372. The Balaban J connectivity index is 0.000000263. The van der Waals surface area contributed by atoms with Crippen LogP contribution in [0.1, 0.15) is 25.0 Å². The van der Waals surface area contributed by atoms with Crippen LogP contribution in [-0.2, 0) is 12.8 Å². The molecule has 0 radical (unpaired) electrons. The molecule has 0 aliphatic heterocycles. The SMILES string of the molecule is CCc1cc(OC)c(OC)c(OC)c1.CCc1ccc(OC)c(N=O)c1. The van der Waals surface area contributed by atoms with Gasteiger partial charge in [0.05, 0.1) is 28.4 Å². The molecule has 0 spiro atoms. The highest BCUT2D eigenvalue weighted by Gasteiger charge is 2.11. The van der Waals surface area contributed by atoms with Crippen LogP contribution in [0.4, 0.5) is 5.69 Å². The van der Waals surface area contributed by atoms with E-state index in [9.17, 15) is 4.91 Å². The highest BCUT2D eigenvalue weighted by molar-refractivity contribution is 5.54. The number of rotatable bonds is 7. The summed E-state index contributed by atoms with van der Waals surface area (Å²) in [6.45, 7) is 4.11. The fourth-order valence-corrected chi connectivity index (χ4v) is 2.37. The Kier molecular flexibility index (Phi) is 8.98. The third-order valence-corrected chi connectivity index (χ3v) is 3.88. The molecule has 2 rings (SSSR count). The van der Waals surface area contributed by atoms with Crippen molar-refractivity contribution in [3.63, 3.8) is 0 Å². The summed E-state index contributed by atoms with van der Waals surface area (Å²) in [5, 5.41) is 2.87. The maximum absolute atomic E-state index is 10.3. The zero-order valence-electron chi connectivity index (χ0n) is 16.3. The van der Waals surface area contributed by atoms with Crippen molar-refractivity contribution in [2.75, 3.05) is 28.4 Å². The second kappa shape index (κ2) is 11.0. The molecule has 0 heterocycles. The smallest absolute Gasteiger partial charge is 0.203 e. The summed E-state index contributed by atoms with van der Waals surface area (Å²) in [4.78, 5) is 10.3. The minimum Gasteiger partial charge on any atom is -0.494 e. The van der Waals surface area contributed by atoms with Gasteiger partial charge in [-0.3, -0.25) is 0 Å². The van der Waals surface area contributed by atoms with Crippen LogP contribution in [-0.4, -0.2) is 28.4 Å². The van der Waals surface area contributed by atoms with E-state index < -0.39 is 0 Å². The summed E-state index contributed by atoms with van der Waals surface area (Å²) in [6, 6.07) is 9.34. The second-order valence-electron chi connectivity index (χ2n) is 5.34. The Morgan fingerprint density at radius 3 is 1.65 bits per heavy atom. The van der Waals surface area contributed by atoms with E-state index >= 15 is 0 Å². The third kappa shape index (κ3) is 5.37. The van der Waals surface area contributed by atoms with Gasteiger partial charge in [0.25, 0.3) is 0 Å². The van der Waals surface area contributed by atoms with Crippen molar-refractivity contribution >= 4 is 5.69 Å². The van der Waals surface area contributed by atoms with Gasteiger partial charge in [-0.1, -0.05) is 19.9 Å². The Hall–Kier alpha value is -2.76. The quantitative estimate of drug-likeness (QED) is 0.654. The molecule has 6 heteroatoms. The van der Waals surface area contributed by atoms with Gasteiger partial charge in [0.15, 0.2) is 11.5 Å². The lowest BCUT2D eigenvalue weighted by Crippen LogP contribution is -1.96. The lowest BCUT2D eigenvalue weighted by atomic mass is 10.1. The Bertz CT molecular complexity index is 690. The first-order valence-corrected chi connectivity index (χ1v) is 8.37. The summed E-state index contributed by atoms with van der Waals surface area (Å²) in [6.07, 6.45) is 1.84. The van der Waals surface area contributed by atoms with Gasteiger partial charge in [-0.15, -0.1) is 4.91 Å². The van der Waals surface area contributed by atoms with Crippen molar-refractivity contribution in [1.82, 2.24) is 0 Å². The van der Waals surface area contributed by atoms with Gasteiger partial charge in [-0.25, -0.2) is 0 Å². The third-order valence-electron chi connectivity index (χ3n) is 3.88. The molecule has 0 unspecified atom stereocenters. The molecule has 0 aromatic heterocycles. The molecule has 0 bridgehead atoms. The Morgan fingerprint density at radius 2 is 1.27 bits per heavy atom. The summed E-state index contributed by atoms with van der Waals surface area (Å²) in [5.74, 6) is 2.60. The van der Waals surface area contributed by atoms with Crippen molar-refractivity contribution in [1.29, 1.82) is 0 Å². The van der Waals surface area contributed by atoms with Gasteiger partial charge < -0.3 is 18.9 Å². The van der Waals surface area contributed by atoms with Gasteiger partial charge in [-0.2, -0.15) is 0 Å². The van der Waals surface area contributed by atoms with Gasteiger partial charge in [0.1, 0.15) is 11.4 Å². The largest absolute Gasteiger partial charge is 0.494 e. The van der Waals surface area contributed by atoms with Crippen LogP contribution in [0.3, 0.4) is 0 Å². The molecule has 2 aromatic carbocycles. The first-order valence-electron chi connectivity index (χ1n) is 8.37. The van der Waals surface area contributed by atoms with Crippen LogP contribution >= 0.6 is 0 Å². The number of hydrogen-bond acceptors (Lipinski definition) is 6. The molecule has 0 aliphatic rings. The Morgan fingerprint density at radius 1 is 0.731 bits per heavy atom. The molecule has 0 saturated heterocycles. The van der Waals surface area contributed by atoms with Gasteiger partial charge >= 0.3 is 0 Å². The zero-order chi connectivity index (χ0) is 19.5. The van der Waals surface area contributed by atoms with E-state index in [2.05, 4.69) is 12.1 Å². The normalized spacial score (nSPS) is 9.62. The van der Waals surface area contributed by atoms with E-state index in [0.29, 0.717) is 28.7 Å². The highest BCUT2D eigenvalue weighted by atomic mass is 16.5. The van der Waals surface area contributed by atoms with Gasteiger partial charge in [0, 0.05) is 0 Å². The number of methoxy groups -OCH3 is 4. The van der Waals surface area contributed by atoms with E-state index in [0.717, 1.165) is 18.4 Å². The molecule has 0 fully saturated rings. The van der Waals surface area contributed by atoms with Crippen molar-refractivity contribution in [3.05, 3.63) is 46.4 Å². The van der Waals surface area contributed by atoms with E-state index in [1.807, 2.05) is 25.1 Å². The zero-order valence-corrected chi connectivity index (χ0v) is 16.3. The van der Waals surface area contributed by atoms with Crippen LogP contribution in [0.25, 0.3) is 0 Å². The number of aryl methyl sites for hydroxylation is 2. The van der Waals surface area contributed by atoms with Crippen LogP contribution in [0.2, 0.25) is 0 Å². The summed E-state index contributed by atoms with van der Waals surface area (Å²) < 4.78 is 20.6. The molecule has 0 saturated carbocycles. The van der Waals surface area contributed by atoms with E-state index in [1.165, 1.54) is 12.7 Å². The molecule has 0 atom stereocenters. The molecular weight excluding hydrogens is 334 g/mol. The molecule has 142 valence electrons. The lowest BCUT2D eigenvalue weighted by Gasteiger charge is -2.13. The average molecular weight is 361 g/mol. The van der Waals surface area contributed by atoms with Crippen LogP contribution in [0.5, 0.6) is 23.0 Å². The molecule has 6 nitrogen and oxygen atoms in total.